The zero-order chi connectivity index (χ0) is 10.7. The summed E-state index contributed by atoms with van der Waals surface area (Å²) in [5.74, 6) is 0.638. The lowest BCUT2D eigenvalue weighted by atomic mass is 10.0. The molecular weight excluding hydrogens is 190 g/mol. The molecule has 2 fully saturated rings. The molecule has 0 amide bonds. The summed E-state index contributed by atoms with van der Waals surface area (Å²) in [6, 6.07) is 0. The summed E-state index contributed by atoms with van der Waals surface area (Å²) in [4.78, 5) is 13.8. The van der Waals surface area contributed by atoms with E-state index in [9.17, 15) is 4.79 Å². The van der Waals surface area contributed by atoms with Crippen LogP contribution >= 0.6 is 0 Å². The minimum absolute atomic E-state index is 0.0298. The maximum Gasteiger partial charge on any atom is 0.306 e. The van der Waals surface area contributed by atoms with Gasteiger partial charge in [0.15, 0.2) is 0 Å². The summed E-state index contributed by atoms with van der Waals surface area (Å²) in [5.41, 5.74) is 0. The lowest BCUT2D eigenvalue weighted by molar-refractivity contribution is -0.149. The first-order valence-corrected chi connectivity index (χ1v) is 6.12. The van der Waals surface area contributed by atoms with Crippen LogP contribution in [0, 0.1) is 5.92 Å². The number of nitrogens with zero attached hydrogens (tertiary/aromatic N) is 1. The highest BCUT2D eigenvalue weighted by Gasteiger charge is 2.25. The Morgan fingerprint density at radius 1 is 1.33 bits per heavy atom. The molecule has 0 N–H and O–H groups in total. The highest BCUT2D eigenvalue weighted by molar-refractivity contribution is 5.70. The first kappa shape index (κ1) is 10.9. The summed E-state index contributed by atoms with van der Waals surface area (Å²) >= 11 is 0. The second kappa shape index (κ2) is 4.97. The van der Waals surface area contributed by atoms with E-state index in [1.165, 1.54) is 25.7 Å². The normalized spacial score (nSPS) is 28.5. The number of esters is 1. The lowest BCUT2D eigenvalue weighted by Crippen LogP contribution is -2.23. The highest BCUT2D eigenvalue weighted by atomic mass is 16.5. The Morgan fingerprint density at radius 2 is 2.07 bits per heavy atom. The van der Waals surface area contributed by atoms with Gasteiger partial charge >= 0.3 is 5.97 Å². The Labute approximate surface area is 91.8 Å². The van der Waals surface area contributed by atoms with E-state index in [4.69, 9.17) is 4.74 Å². The SMILES string of the molecule is CN1CCC(OC(=O)CC2CCCC2)C1. The molecule has 1 atom stereocenters. The van der Waals surface area contributed by atoms with Gasteiger partial charge in [-0.1, -0.05) is 12.8 Å². The van der Waals surface area contributed by atoms with E-state index in [2.05, 4.69) is 11.9 Å². The van der Waals surface area contributed by atoms with Crippen LogP contribution < -0.4 is 0 Å². The van der Waals surface area contributed by atoms with Gasteiger partial charge in [0.2, 0.25) is 0 Å². The van der Waals surface area contributed by atoms with Crippen LogP contribution in [0.5, 0.6) is 0 Å². The first-order valence-electron chi connectivity index (χ1n) is 6.12. The molecule has 86 valence electrons. The van der Waals surface area contributed by atoms with Crippen molar-refractivity contribution in [2.24, 2.45) is 5.92 Å². The largest absolute Gasteiger partial charge is 0.461 e. The number of likely N-dealkylation sites (tertiary alicyclic amines) is 1. The molecular formula is C12H21NO2. The van der Waals surface area contributed by atoms with Crippen molar-refractivity contribution in [1.29, 1.82) is 0 Å². The summed E-state index contributed by atoms with van der Waals surface area (Å²) in [6.07, 6.45) is 6.85. The number of carbonyl (C=O) groups excluding carboxylic acids is 1. The molecule has 1 unspecified atom stereocenters. The Hall–Kier alpha value is -0.570. The Kier molecular flexibility index (Phi) is 3.62. The first-order chi connectivity index (χ1) is 7.24. The standard InChI is InChI=1S/C12H21NO2/c1-13-7-6-11(9-13)15-12(14)8-10-4-2-3-5-10/h10-11H,2-9H2,1H3. The molecule has 1 aliphatic carbocycles. The van der Waals surface area contributed by atoms with Gasteiger partial charge in [-0.3, -0.25) is 4.79 Å². The quantitative estimate of drug-likeness (QED) is 0.667. The van der Waals surface area contributed by atoms with Gasteiger partial charge in [0, 0.05) is 19.5 Å². The van der Waals surface area contributed by atoms with E-state index in [0.717, 1.165) is 19.5 Å². The Bertz CT molecular complexity index is 224. The number of rotatable bonds is 3. The molecule has 1 aliphatic heterocycles. The zero-order valence-electron chi connectivity index (χ0n) is 9.58. The minimum Gasteiger partial charge on any atom is -0.461 e. The van der Waals surface area contributed by atoms with Gasteiger partial charge in [0.05, 0.1) is 0 Å². The summed E-state index contributed by atoms with van der Waals surface area (Å²) in [6.45, 7) is 1.97. The van der Waals surface area contributed by atoms with Gasteiger partial charge in [0.25, 0.3) is 0 Å². The van der Waals surface area contributed by atoms with Crippen molar-refractivity contribution in [2.45, 2.75) is 44.6 Å². The van der Waals surface area contributed by atoms with Gasteiger partial charge < -0.3 is 9.64 Å². The van der Waals surface area contributed by atoms with Crippen molar-refractivity contribution in [3.8, 4) is 0 Å². The van der Waals surface area contributed by atoms with Gasteiger partial charge in [-0.25, -0.2) is 0 Å². The average Bonchev–Trinajstić information content (AvgIpc) is 2.77. The van der Waals surface area contributed by atoms with E-state index in [1.807, 2.05) is 0 Å². The maximum absolute atomic E-state index is 11.6. The number of hydrogen-bond acceptors (Lipinski definition) is 3. The third-order valence-corrected chi connectivity index (χ3v) is 3.58. The molecule has 3 nitrogen and oxygen atoms in total. The fourth-order valence-corrected chi connectivity index (χ4v) is 2.67. The molecule has 1 saturated heterocycles. The van der Waals surface area contributed by atoms with E-state index in [1.54, 1.807) is 0 Å². The zero-order valence-corrected chi connectivity index (χ0v) is 9.58. The fraction of sp³-hybridized carbons (Fsp3) is 0.917. The molecule has 0 spiro atoms. The Balaban J connectivity index is 1.67. The van der Waals surface area contributed by atoms with Crippen molar-refractivity contribution >= 4 is 5.97 Å². The number of likely N-dealkylation sites (N-methyl/N-ethyl adjacent to an activating group) is 1. The van der Waals surface area contributed by atoms with Gasteiger partial charge in [0.1, 0.15) is 6.10 Å². The predicted molar refractivity (Wildman–Crippen MR) is 58.6 cm³/mol. The number of carbonyl (C=O) groups is 1. The molecule has 0 aromatic carbocycles. The molecule has 3 heteroatoms. The van der Waals surface area contributed by atoms with Crippen molar-refractivity contribution in [2.75, 3.05) is 20.1 Å². The summed E-state index contributed by atoms with van der Waals surface area (Å²) in [5, 5.41) is 0. The van der Waals surface area contributed by atoms with Crippen LogP contribution in [0.3, 0.4) is 0 Å². The molecule has 15 heavy (non-hydrogen) atoms. The van der Waals surface area contributed by atoms with Crippen LogP contribution in [-0.4, -0.2) is 37.1 Å². The van der Waals surface area contributed by atoms with Gasteiger partial charge in [-0.2, -0.15) is 0 Å². The van der Waals surface area contributed by atoms with Crippen LogP contribution in [0.25, 0.3) is 0 Å². The van der Waals surface area contributed by atoms with Crippen LogP contribution in [-0.2, 0) is 9.53 Å². The van der Waals surface area contributed by atoms with Crippen molar-refractivity contribution in [3.63, 3.8) is 0 Å². The minimum atomic E-state index is 0.0298. The Morgan fingerprint density at radius 3 is 2.67 bits per heavy atom. The number of ether oxygens (including phenoxy) is 1. The maximum atomic E-state index is 11.6. The number of hydrogen-bond donors (Lipinski definition) is 0. The molecule has 1 heterocycles. The molecule has 2 rings (SSSR count). The monoisotopic (exact) mass is 211 g/mol. The highest BCUT2D eigenvalue weighted by Crippen LogP contribution is 2.28. The molecule has 2 aliphatic rings. The second-order valence-electron chi connectivity index (χ2n) is 5.02. The smallest absolute Gasteiger partial charge is 0.306 e. The van der Waals surface area contributed by atoms with Crippen LogP contribution in [0.1, 0.15) is 38.5 Å². The topological polar surface area (TPSA) is 29.5 Å². The van der Waals surface area contributed by atoms with E-state index >= 15 is 0 Å². The van der Waals surface area contributed by atoms with Crippen molar-refractivity contribution in [3.05, 3.63) is 0 Å². The third-order valence-electron chi connectivity index (χ3n) is 3.58. The van der Waals surface area contributed by atoms with E-state index < -0.39 is 0 Å². The summed E-state index contributed by atoms with van der Waals surface area (Å²) in [7, 11) is 2.07. The van der Waals surface area contributed by atoms with E-state index in [0.29, 0.717) is 12.3 Å². The lowest BCUT2D eigenvalue weighted by Gasteiger charge is -2.14. The van der Waals surface area contributed by atoms with Crippen molar-refractivity contribution < 1.29 is 9.53 Å². The van der Waals surface area contributed by atoms with Crippen LogP contribution in [0.4, 0.5) is 0 Å². The van der Waals surface area contributed by atoms with Crippen LogP contribution in [0.2, 0.25) is 0 Å². The fourth-order valence-electron chi connectivity index (χ4n) is 2.67. The summed E-state index contributed by atoms with van der Waals surface area (Å²) < 4.78 is 5.46. The molecule has 0 aromatic heterocycles. The van der Waals surface area contributed by atoms with Crippen molar-refractivity contribution in [1.82, 2.24) is 4.90 Å². The van der Waals surface area contributed by atoms with Gasteiger partial charge in [-0.15, -0.1) is 0 Å². The van der Waals surface area contributed by atoms with E-state index in [-0.39, 0.29) is 12.1 Å². The molecule has 0 bridgehead atoms. The van der Waals surface area contributed by atoms with Gasteiger partial charge in [-0.05, 0) is 32.2 Å². The second-order valence-corrected chi connectivity index (χ2v) is 5.02. The predicted octanol–water partition coefficient (Wildman–Crippen LogP) is 1.81. The molecule has 0 aromatic rings. The van der Waals surface area contributed by atoms with Crippen LogP contribution in [0.15, 0.2) is 0 Å². The molecule has 1 saturated carbocycles. The third kappa shape index (κ3) is 3.20. The molecule has 0 radical (unpaired) electrons. The average molecular weight is 211 g/mol.